The van der Waals surface area contributed by atoms with Gasteiger partial charge in [-0.3, -0.25) is 4.79 Å². The van der Waals surface area contributed by atoms with Crippen LogP contribution < -0.4 is 4.74 Å². The summed E-state index contributed by atoms with van der Waals surface area (Å²) in [6, 6.07) is 7.28. The largest absolute Gasteiger partial charge is 0.497 e. The number of aromatic nitrogens is 5. The van der Waals surface area contributed by atoms with Gasteiger partial charge in [-0.25, -0.2) is 4.68 Å². The van der Waals surface area contributed by atoms with Crippen LogP contribution in [0, 0.1) is 6.92 Å². The highest BCUT2D eigenvalue weighted by atomic mass is 16.5. The molecule has 1 fully saturated rings. The molecule has 1 aliphatic rings. The number of carbonyl (C=O) groups excluding carboxylic acids is 1. The molecule has 0 radical (unpaired) electrons. The van der Waals surface area contributed by atoms with Crippen LogP contribution in [0.25, 0.3) is 11.5 Å². The molecule has 9 heteroatoms. The van der Waals surface area contributed by atoms with Crippen molar-refractivity contribution in [1.82, 2.24) is 30.0 Å². The molecule has 140 valence electrons. The molecule has 1 unspecified atom stereocenters. The molecule has 1 saturated heterocycles. The molecule has 0 saturated carbocycles. The number of piperidine rings is 1. The first-order valence-electron chi connectivity index (χ1n) is 8.80. The number of amides is 1. The third-order valence-electron chi connectivity index (χ3n) is 4.64. The Hall–Kier alpha value is -3.23. The van der Waals surface area contributed by atoms with Gasteiger partial charge in [0.2, 0.25) is 11.7 Å². The van der Waals surface area contributed by atoms with E-state index in [0.29, 0.717) is 35.3 Å². The second-order valence-corrected chi connectivity index (χ2v) is 6.50. The molecule has 0 spiro atoms. The van der Waals surface area contributed by atoms with Crippen molar-refractivity contribution in [3.8, 4) is 17.3 Å². The first-order chi connectivity index (χ1) is 13.1. The second kappa shape index (κ2) is 7.18. The lowest BCUT2D eigenvalue weighted by Gasteiger charge is -2.32. The Morgan fingerprint density at radius 3 is 3.04 bits per heavy atom. The van der Waals surface area contributed by atoms with Gasteiger partial charge in [0.1, 0.15) is 5.75 Å². The topological polar surface area (TPSA) is 99.2 Å². The van der Waals surface area contributed by atoms with Crippen LogP contribution in [-0.2, 0) is 0 Å². The minimum absolute atomic E-state index is 0.00673. The van der Waals surface area contributed by atoms with Crippen molar-refractivity contribution in [2.45, 2.75) is 25.8 Å². The maximum absolute atomic E-state index is 12.9. The molecule has 0 N–H and O–H groups in total. The highest BCUT2D eigenvalue weighted by Crippen LogP contribution is 2.24. The van der Waals surface area contributed by atoms with Gasteiger partial charge in [-0.15, -0.1) is 5.10 Å². The number of carbonyl (C=O) groups is 1. The van der Waals surface area contributed by atoms with Gasteiger partial charge in [0.05, 0.1) is 19.3 Å². The highest BCUT2D eigenvalue weighted by molar-refractivity contribution is 5.94. The van der Waals surface area contributed by atoms with E-state index in [-0.39, 0.29) is 11.9 Å². The van der Waals surface area contributed by atoms with Crippen molar-refractivity contribution in [1.29, 1.82) is 0 Å². The van der Waals surface area contributed by atoms with Gasteiger partial charge >= 0.3 is 0 Å². The quantitative estimate of drug-likeness (QED) is 0.695. The van der Waals surface area contributed by atoms with Crippen LogP contribution in [0.3, 0.4) is 0 Å². The molecule has 9 nitrogen and oxygen atoms in total. The van der Waals surface area contributed by atoms with Crippen molar-refractivity contribution >= 4 is 5.91 Å². The summed E-state index contributed by atoms with van der Waals surface area (Å²) in [6.07, 6.45) is 3.63. The summed E-state index contributed by atoms with van der Waals surface area (Å²) in [5.74, 6) is 1.56. The number of nitrogens with zero attached hydrogens (tertiary/aromatic N) is 6. The van der Waals surface area contributed by atoms with E-state index in [1.54, 1.807) is 37.0 Å². The second-order valence-electron chi connectivity index (χ2n) is 6.50. The average molecular weight is 368 g/mol. The Balaban J connectivity index is 1.49. The number of ether oxygens (including phenoxy) is 1. The number of aryl methyl sites for hydroxylation is 1. The van der Waals surface area contributed by atoms with Crippen molar-refractivity contribution in [2.24, 2.45) is 0 Å². The van der Waals surface area contributed by atoms with Crippen LogP contribution in [0.4, 0.5) is 0 Å². The van der Waals surface area contributed by atoms with Crippen LogP contribution in [-0.4, -0.2) is 56.1 Å². The first kappa shape index (κ1) is 17.2. The van der Waals surface area contributed by atoms with Crippen LogP contribution in [0.2, 0.25) is 0 Å². The van der Waals surface area contributed by atoms with E-state index in [1.807, 2.05) is 17.0 Å². The summed E-state index contributed by atoms with van der Waals surface area (Å²) in [7, 11) is 1.59. The van der Waals surface area contributed by atoms with Gasteiger partial charge < -0.3 is 14.2 Å². The average Bonchev–Trinajstić information content (AvgIpc) is 3.36. The minimum atomic E-state index is -0.00673. The standard InChI is InChI=1S/C18H20N6O3/c1-12-19-17(21-27-12)16-11-24(22-20-16)14-6-4-8-23(10-14)18(25)13-5-3-7-15(9-13)26-2/h3,5,7,9,11,14H,4,6,8,10H2,1-2H3. The molecule has 1 amide bonds. The van der Waals surface area contributed by atoms with Crippen molar-refractivity contribution in [3.63, 3.8) is 0 Å². The summed E-state index contributed by atoms with van der Waals surface area (Å²) in [6.45, 7) is 3.02. The predicted molar refractivity (Wildman–Crippen MR) is 95.2 cm³/mol. The summed E-state index contributed by atoms with van der Waals surface area (Å²) >= 11 is 0. The zero-order valence-electron chi connectivity index (χ0n) is 15.2. The lowest BCUT2D eigenvalue weighted by Crippen LogP contribution is -2.40. The fourth-order valence-corrected chi connectivity index (χ4v) is 3.25. The number of benzene rings is 1. The number of rotatable bonds is 4. The lowest BCUT2D eigenvalue weighted by atomic mass is 10.0. The Morgan fingerprint density at radius 2 is 2.26 bits per heavy atom. The molecule has 3 aromatic rings. The summed E-state index contributed by atoms with van der Waals surface area (Å²) in [5, 5.41) is 12.2. The molecule has 0 aliphatic carbocycles. The SMILES string of the molecule is COc1cccc(C(=O)N2CCCC(n3cc(-c4noc(C)n4)nn3)C2)c1. The van der Waals surface area contributed by atoms with E-state index in [1.165, 1.54) is 0 Å². The molecule has 1 aromatic carbocycles. The monoisotopic (exact) mass is 368 g/mol. The van der Waals surface area contributed by atoms with Gasteiger partial charge in [0.25, 0.3) is 5.91 Å². The van der Waals surface area contributed by atoms with Gasteiger partial charge in [-0.1, -0.05) is 16.4 Å². The van der Waals surface area contributed by atoms with E-state index < -0.39 is 0 Å². The Kier molecular flexibility index (Phi) is 4.57. The van der Waals surface area contributed by atoms with E-state index in [0.717, 1.165) is 19.4 Å². The first-order valence-corrected chi connectivity index (χ1v) is 8.80. The molecule has 1 atom stereocenters. The number of hydrogen-bond donors (Lipinski definition) is 0. The van der Waals surface area contributed by atoms with E-state index >= 15 is 0 Å². The lowest BCUT2D eigenvalue weighted by molar-refractivity contribution is 0.0671. The van der Waals surface area contributed by atoms with Crippen molar-refractivity contribution < 1.29 is 14.1 Å². The molecular formula is C18H20N6O3. The number of methoxy groups -OCH3 is 1. The van der Waals surface area contributed by atoms with Gasteiger partial charge in [-0.2, -0.15) is 4.98 Å². The van der Waals surface area contributed by atoms with Gasteiger partial charge in [0, 0.05) is 25.6 Å². The fourth-order valence-electron chi connectivity index (χ4n) is 3.25. The maximum atomic E-state index is 12.9. The van der Waals surface area contributed by atoms with Crippen molar-refractivity contribution in [3.05, 3.63) is 41.9 Å². The number of likely N-dealkylation sites (tertiary alicyclic amines) is 1. The molecule has 4 rings (SSSR count). The Morgan fingerprint density at radius 1 is 1.37 bits per heavy atom. The molecule has 2 aromatic heterocycles. The molecule has 3 heterocycles. The van der Waals surface area contributed by atoms with Crippen LogP contribution in [0.15, 0.2) is 35.0 Å². The fraction of sp³-hybridized carbons (Fsp3) is 0.389. The Bertz CT molecular complexity index is 950. The smallest absolute Gasteiger partial charge is 0.254 e. The van der Waals surface area contributed by atoms with Crippen LogP contribution in [0.5, 0.6) is 5.75 Å². The third-order valence-corrected chi connectivity index (χ3v) is 4.64. The van der Waals surface area contributed by atoms with Gasteiger partial charge in [-0.05, 0) is 31.0 Å². The number of hydrogen-bond acceptors (Lipinski definition) is 7. The predicted octanol–water partition coefficient (Wildman–Crippen LogP) is 2.12. The highest BCUT2D eigenvalue weighted by Gasteiger charge is 2.27. The van der Waals surface area contributed by atoms with E-state index in [4.69, 9.17) is 9.26 Å². The van der Waals surface area contributed by atoms with E-state index in [2.05, 4.69) is 20.5 Å². The van der Waals surface area contributed by atoms with Crippen LogP contribution in [0.1, 0.15) is 35.1 Å². The van der Waals surface area contributed by atoms with Crippen LogP contribution >= 0.6 is 0 Å². The zero-order chi connectivity index (χ0) is 18.8. The third kappa shape index (κ3) is 3.53. The molecule has 0 bridgehead atoms. The molecular weight excluding hydrogens is 348 g/mol. The van der Waals surface area contributed by atoms with E-state index in [9.17, 15) is 4.79 Å². The molecule has 1 aliphatic heterocycles. The summed E-state index contributed by atoms with van der Waals surface area (Å²) < 4.78 is 12.0. The van der Waals surface area contributed by atoms with Gasteiger partial charge in [0.15, 0.2) is 5.69 Å². The normalized spacial score (nSPS) is 17.1. The molecule has 27 heavy (non-hydrogen) atoms. The zero-order valence-corrected chi connectivity index (χ0v) is 15.2. The maximum Gasteiger partial charge on any atom is 0.254 e. The van der Waals surface area contributed by atoms with Crippen molar-refractivity contribution in [2.75, 3.05) is 20.2 Å². The summed E-state index contributed by atoms with van der Waals surface area (Å²) in [4.78, 5) is 18.9. The minimum Gasteiger partial charge on any atom is -0.497 e. The Labute approximate surface area is 155 Å². The summed E-state index contributed by atoms with van der Waals surface area (Å²) in [5.41, 5.74) is 1.18.